The third-order valence-corrected chi connectivity index (χ3v) is 5.72. The lowest BCUT2D eigenvalue weighted by atomic mass is 9.89. The summed E-state index contributed by atoms with van der Waals surface area (Å²) in [7, 11) is 1.43. The molecule has 1 aliphatic rings. The number of nitrogens with one attached hydrogen (secondary N) is 1. The molecule has 1 fully saturated rings. The first-order valence-electron chi connectivity index (χ1n) is 9.77. The Bertz CT molecular complexity index is 1070. The number of hydrogen-bond acceptors (Lipinski definition) is 5. The van der Waals surface area contributed by atoms with Gasteiger partial charge in [0.05, 0.1) is 18.7 Å². The maximum Gasteiger partial charge on any atom is 0.254 e. The van der Waals surface area contributed by atoms with Gasteiger partial charge in [0.1, 0.15) is 0 Å². The summed E-state index contributed by atoms with van der Waals surface area (Å²) < 4.78 is 4.98. The van der Waals surface area contributed by atoms with Crippen LogP contribution in [0.2, 0.25) is 0 Å². The second-order valence-corrected chi connectivity index (χ2v) is 7.69. The molecule has 1 saturated heterocycles. The Labute approximate surface area is 177 Å². The molecule has 6 heteroatoms. The fraction of sp³-hybridized carbons (Fsp3) is 0.292. The highest BCUT2D eigenvalue weighted by atomic mass is 16.5. The summed E-state index contributed by atoms with van der Waals surface area (Å²) in [5.41, 5.74) is 12.2. The summed E-state index contributed by atoms with van der Waals surface area (Å²) >= 11 is 0. The first kappa shape index (κ1) is 21.1. The van der Waals surface area contributed by atoms with Crippen molar-refractivity contribution in [3.8, 4) is 6.07 Å². The average Bonchev–Trinajstić information content (AvgIpc) is 2.71. The Hall–Kier alpha value is -3.59. The van der Waals surface area contributed by atoms with Gasteiger partial charge < -0.3 is 15.4 Å². The van der Waals surface area contributed by atoms with E-state index in [9.17, 15) is 4.79 Å². The van der Waals surface area contributed by atoms with E-state index >= 15 is 0 Å². The zero-order valence-electron chi connectivity index (χ0n) is 17.7. The number of amides is 1. The maximum absolute atomic E-state index is 13.1. The number of carbonyl (C=O) groups excluding carboxylic acids is 1. The molecule has 3 N–H and O–H groups in total. The van der Waals surface area contributed by atoms with Crippen molar-refractivity contribution in [3.05, 3.63) is 75.4 Å². The van der Waals surface area contributed by atoms with E-state index in [-0.39, 0.29) is 17.7 Å². The second kappa shape index (κ2) is 8.42. The molecule has 2 aromatic rings. The lowest BCUT2D eigenvalue weighted by molar-refractivity contribution is 0.0601. The van der Waals surface area contributed by atoms with Crippen molar-refractivity contribution in [1.29, 1.82) is 10.7 Å². The number of nitriles is 1. The number of carbonyl (C=O) groups is 1. The Balaban J connectivity index is 1.82. The molecule has 0 spiro atoms. The number of methoxy groups -OCH3 is 1. The monoisotopic (exact) mass is 402 g/mol. The lowest BCUT2D eigenvalue weighted by Gasteiger charge is -2.40. The van der Waals surface area contributed by atoms with Gasteiger partial charge in [-0.1, -0.05) is 18.2 Å². The largest absolute Gasteiger partial charge is 0.481 e. The minimum atomic E-state index is -0.0223. The molecule has 0 aromatic heterocycles. The summed E-state index contributed by atoms with van der Waals surface area (Å²) in [4.78, 5) is 15.0. The van der Waals surface area contributed by atoms with Crippen LogP contribution in [0.1, 0.15) is 51.0 Å². The van der Waals surface area contributed by atoms with Gasteiger partial charge in [0.15, 0.2) is 0 Å². The summed E-state index contributed by atoms with van der Waals surface area (Å²) in [5.74, 6) is 0.264. The minimum absolute atomic E-state index is 0.00773. The van der Waals surface area contributed by atoms with E-state index in [0.717, 1.165) is 22.3 Å². The van der Waals surface area contributed by atoms with Crippen molar-refractivity contribution in [2.75, 3.05) is 20.2 Å². The quantitative estimate of drug-likeness (QED) is 0.601. The maximum atomic E-state index is 13.1. The first-order valence-corrected chi connectivity index (χ1v) is 9.77. The predicted molar refractivity (Wildman–Crippen MR) is 117 cm³/mol. The molecule has 1 aliphatic heterocycles. The smallest absolute Gasteiger partial charge is 0.254 e. The molecule has 3 rings (SSSR count). The molecule has 2 aromatic carbocycles. The Morgan fingerprint density at radius 1 is 1.17 bits per heavy atom. The molecule has 0 bridgehead atoms. The van der Waals surface area contributed by atoms with E-state index in [2.05, 4.69) is 6.07 Å². The average molecular weight is 402 g/mol. The second-order valence-electron chi connectivity index (χ2n) is 7.69. The van der Waals surface area contributed by atoms with Crippen molar-refractivity contribution < 1.29 is 9.53 Å². The van der Waals surface area contributed by atoms with E-state index in [1.54, 1.807) is 6.92 Å². The molecule has 0 atom stereocenters. The van der Waals surface area contributed by atoms with Crippen LogP contribution in [0.4, 0.5) is 0 Å². The van der Waals surface area contributed by atoms with Crippen LogP contribution < -0.4 is 5.73 Å². The fourth-order valence-corrected chi connectivity index (χ4v) is 3.71. The molecule has 6 nitrogen and oxygen atoms in total. The third kappa shape index (κ3) is 3.92. The molecule has 0 unspecified atom stereocenters. The van der Waals surface area contributed by atoms with Crippen molar-refractivity contribution in [2.45, 2.75) is 26.7 Å². The van der Waals surface area contributed by atoms with Crippen LogP contribution in [0.15, 0.2) is 42.0 Å². The number of rotatable bonds is 4. The van der Waals surface area contributed by atoms with Gasteiger partial charge in [0.25, 0.3) is 5.91 Å². The number of nitrogens with two attached hydrogens (primary N) is 1. The van der Waals surface area contributed by atoms with Crippen molar-refractivity contribution in [2.24, 2.45) is 5.73 Å². The van der Waals surface area contributed by atoms with Gasteiger partial charge in [-0.05, 0) is 55.7 Å². The van der Waals surface area contributed by atoms with Gasteiger partial charge >= 0.3 is 0 Å². The Morgan fingerprint density at radius 3 is 2.33 bits per heavy atom. The highest BCUT2D eigenvalue weighted by Crippen LogP contribution is 2.30. The molecule has 0 saturated carbocycles. The molecule has 30 heavy (non-hydrogen) atoms. The van der Waals surface area contributed by atoms with Crippen LogP contribution in [0.3, 0.4) is 0 Å². The van der Waals surface area contributed by atoms with E-state index in [1.807, 2.05) is 55.1 Å². The molecule has 0 radical (unpaired) electrons. The van der Waals surface area contributed by atoms with Crippen LogP contribution in [-0.2, 0) is 4.74 Å². The number of aryl methyl sites for hydroxylation is 2. The Morgan fingerprint density at radius 2 is 1.77 bits per heavy atom. The van der Waals surface area contributed by atoms with Gasteiger partial charge in [-0.25, -0.2) is 0 Å². The zero-order chi connectivity index (χ0) is 22.0. The third-order valence-electron chi connectivity index (χ3n) is 5.72. The first-order chi connectivity index (χ1) is 14.3. The van der Waals surface area contributed by atoms with Gasteiger partial charge in [0, 0.05) is 41.4 Å². The topological polar surface area (TPSA) is 103 Å². The minimum Gasteiger partial charge on any atom is -0.481 e. The van der Waals surface area contributed by atoms with Crippen LogP contribution in [0, 0.1) is 30.6 Å². The van der Waals surface area contributed by atoms with E-state index in [1.165, 1.54) is 7.11 Å². The standard InChI is InChI=1S/C24H26N4O2/c1-14-9-15(2)21(10-20(14)22(26)16(3)23(27)30-4)24(29)28-12-19(13-28)18-7-5-17(11-25)6-8-18/h5-10,19,27H,12-13,26H2,1-4H3/b22-16-,27-23?. The summed E-state index contributed by atoms with van der Waals surface area (Å²) in [5, 5.41) is 16.8. The number of hydrogen-bond donors (Lipinski definition) is 2. The van der Waals surface area contributed by atoms with E-state index in [4.69, 9.17) is 21.1 Å². The SMILES string of the molecule is COC(=N)/C(C)=C(\N)c1cc(C(=O)N2CC(c3ccc(C#N)cc3)C2)c(C)cc1C. The lowest BCUT2D eigenvalue weighted by Crippen LogP contribution is -2.48. The van der Waals surface area contributed by atoms with Gasteiger partial charge in [-0.15, -0.1) is 0 Å². The van der Waals surface area contributed by atoms with Crippen LogP contribution >= 0.6 is 0 Å². The molecule has 0 aliphatic carbocycles. The normalized spacial score (nSPS) is 14.4. The van der Waals surface area contributed by atoms with E-state index < -0.39 is 0 Å². The summed E-state index contributed by atoms with van der Waals surface area (Å²) in [6.45, 7) is 6.89. The van der Waals surface area contributed by atoms with Gasteiger partial charge in [-0.2, -0.15) is 5.26 Å². The fourth-order valence-electron chi connectivity index (χ4n) is 3.71. The van der Waals surface area contributed by atoms with Crippen molar-refractivity contribution in [1.82, 2.24) is 4.90 Å². The number of benzene rings is 2. The summed E-state index contributed by atoms with van der Waals surface area (Å²) in [6, 6.07) is 13.4. The Kier molecular flexibility index (Phi) is 5.93. The number of nitrogens with zero attached hydrogens (tertiary/aromatic N) is 2. The molecule has 1 heterocycles. The van der Waals surface area contributed by atoms with Crippen molar-refractivity contribution in [3.63, 3.8) is 0 Å². The van der Waals surface area contributed by atoms with Crippen LogP contribution in [-0.4, -0.2) is 36.9 Å². The zero-order valence-corrected chi connectivity index (χ0v) is 17.7. The highest BCUT2D eigenvalue weighted by Gasteiger charge is 2.33. The predicted octanol–water partition coefficient (Wildman–Crippen LogP) is 3.73. The number of ether oxygens (including phenoxy) is 1. The van der Waals surface area contributed by atoms with E-state index in [0.29, 0.717) is 35.5 Å². The van der Waals surface area contributed by atoms with Crippen LogP contribution in [0.25, 0.3) is 5.70 Å². The van der Waals surface area contributed by atoms with Crippen molar-refractivity contribution >= 4 is 17.5 Å². The molecular weight excluding hydrogens is 376 g/mol. The number of likely N-dealkylation sites (tertiary alicyclic amines) is 1. The molecular formula is C24H26N4O2. The van der Waals surface area contributed by atoms with Crippen LogP contribution in [0.5, 0.6) is 0 Å². The highest BCUT2D eigenvalue weighted by molar-refractivity contribution is 6.00. The molecule has 154 valence electrons. The van der Waals surface area contributed by atoms with Gasteiger partial charge in [0.2, 0.25) is 5.90 Å². The van der Waals surface area contributed by atoms with Gasteiger partial charge in [-0.3, -0.25) is 10.2 Å². The summed E-state index contributed by atoms with van der Waals surface area (Å²) in [6.07, 6.45) is 0. The molecule has 1 amide bonds.